The number of hydrogen-bond acceptors (Lipinski definition) is 3. The lowest BCUT2D eigenvalue weighted by atomic mass is 9.98. The predicted molar refractivity (Wildman–Crippen MR) is 71.0 cm³/mol. The Labute approximate surface area is 112 Å². The summed E-state index contributed by atoms with van der Waals surface area (Å²) in [5.74, 6) is -0.842. The third-order valence-electron chi connectivity index (χ3n) is 3.05. The summed E-state index contributed by atoms with van der Waals surface area (Å²) < 4.78 is 18.7. The first-order valence-electron chi connectivity index (χ1n) is 6.26. The van der Waals surface area contributed by atoms with E-state index in [0.717, 1.165) is 0 Å². The minimum atomic E-state index is -1.03. The molecule has 2 N–H and O–H groups in total. The number of ether oxygens (including phenoxy) is 1. The molecule has 1 atom stereocenters. The van der Waals surface area contributed by atoms with Gasteiger partial charge in [0.2, 0.25) is 0 Å². The number of aliphatic carboxylic acids is 1. The van der Waals surface area contributed by atoms with Gasteiger partial charge in [0.05, 0.1) is 6.61 Å². The monoisotopic (exact) mass is 269 g/mol. The smallest absolute Gasteiger partial charge is 0.323 e. The van der Waals surface area contributed by atoms with E-state index in [1.54, 1.807) is 26.0 Å². The number of carbonyl (C=O) groups is 1. The topological polar surface area (TPSA) is 58.6 Å². The molecule has 0 radical (unpaired) electrons. The number of nitrogens with one attached hydrogen (secondary N) is 1. The molecule has 0 bridgehead atoms. The van der Waals surface area contributed by atoms with E-state index in [9.17, 15) is 9.18 Å². The van der Waals surface area contributed by atoms with Crippen molar-refractivity contribution in [3.63, 3.8) is 0 Å². The first-order chi connectivity index (χ1) is 8.89. The second kappa shape index (κ2) is 6.52. The second-order valence-electron chi connectivity index (χ2n) is 4.68. The fourth-order valence-electron chi connectivity index (χ4n) is 1.70. The van der Waals surface area contributed by atoms with Crippen molar-refractivity contribution in [1.82, 2.24) is 5.32 Å². The first kappa shape index (κ1) is 15.4. The third-order valence-corrected chi connectivity index (χ3v) is 3.05. The SMILES string of the molecule is CCNC(C)(CCOc1ccc(C)c(F)c1)C(=O)O. The Hall–Kier alpha value is -1.62. The molecule has 1 unspecified atom stereocenters. The predicted octanol–water partition coefficient (Wildman–Crippen LogP) is 2.36. The molecule has 0 spiro atoms. The number of carboxylic acids is 1. The van der Waals surface area contributed by atoms with Crippen LogP contribution in [-0.4, -0.2) is 29.8 Å². The Morgan fingerprint density at radius 2 is 2.21 bits per heavy atom. The second-order valence-corrected chi connectivity index (χ2v) is 4.68. The molecule has 19 heavy (non-hydrogen) atoms. The summed E-state index contributed by atoms with van der Waals surface area (Å²) in [5, 5.41) is 12.1. The highest BCUT2D eigenvalue weighted by Crippen LogP contribution is 2.17. The zero-order chi connectivity index (χ0) is 14.5. The lowest BCUT2D eigenvalue weighted by molar-refractivity contribution is -0.144. The number of benzene rings is 1. The highest BCUT2D eigenvalue weighted by atomic mass is 19.1. The maximum Gasteiger partial charge on any atom is 0.323 e. The number of aryl methyl sites for hydroxylation is 1. The zero-order valence-corrected chi connectivity index (χ0v) is 11.5. The fourth-order valence-corrected chi connectivity index (χ4v) is 1.70. The van der Waals surface area contributed by atoms with E-state index in [2.05, 4.69) is 5.32 Å². The third kappa shape index (κ3) is 4.21. The normalized spacial score (nSPS) is 13.9. The molecule has 0 amide bonds. The van der Waals surface area contributed by atoms with Crippen LogP contribution < -0.4 is 10.1 Å². The maximum absolute atomic E-state index is 13.3. The van der Waals surface area contributed by atoms with Crippen molar-refractivity contribution in [2.24, 2.45) is 0 Å². The molecule has 5 heteroatoms. The molecule has 1 aromatic carbocycles. The van der Waals surface area contributed by atoms with Gasteiger partial charge in [0.15, 0.2) is 0 Å². The van der Waals surface area contributed by atoms with Crippen molar-refractivity contribution in [1.29, 1.82) is 0 Å². The summed E-state index contributed by atoms with van der Waals surface area (Å²) in [4.78, 5) is 11.2. The van der Waals surface area contributed by atoms with Gasteiger partial charge in [-0.3, -0.25) is 4.79 Å². The fraction of sp³-hybridized carbons (Fsp3) is 0.500. The van der Waals surface area contributed by atoms with Crippen LogP contribution in [0.2, 0.25) is 0 Å². The lowest BCUT2D eigenvalue weighted by Crippen LogP contribution is -2.50. The van der Waals surface area contributed by atoms with Crippen molar-refractivity contribution in [3.8, 4) is 5.75 Å². The van der Waals surface area contributed by atoms with E-state index in [-0.39, 0.29) is 12.4 Å². The van der Waals surface area contributed by atoms with Crippen LogP contribution in [0.5, 0.6) is 5.75 Å². The largest absolute Gasteiger partial charge is 0.493 e. The first-order valence-corrected chi connectivity index (χ1v) is 6.26. The van der Waals surface area contributed by atoms with Gasteiger partial charge in [-0.25, -0.2) is 4.39 Å². The molecule has 1 rings (SSSR count). The molecule has 106 valence electrons. The van der Waals surface area contributed by atoms with Crippen molar-refractivity contribution in [2.45, 2.75) is 32.7 Å². The molecule has 0 aliphatic heterocycles. The Morgan fingerprint density at radius 1 is 1.53 bits per heavy atom. The summed E-state index contributed by atoms with van der Waals surface area (Å²) in [6.07, 6.45) is 0.297. The van der Waals surface area contributed by atoms with Crippen molar-refractivity contribution in [2.75, 3.05) is 13.2 Å². The molecule has 0 heterocycles. The summed E-state index contributed by atoms with van der Waals surface area (Å²) in [6, 6.07) is 4.61. The van der Waals surface area contributed by atoms with E-state index in [1.165, 1.54) is 6.07 Å². The number of halogens is 1. The van der Waals surface area contributed by atoms with Gasteiger partial charge >= 0.3 is 5.97 Å². The van der Waals surface area contributed by atoms with Gasteiger partial charge in [0.25, 0.3) is 0 Å². The number of hydrogen-bond donors (Lipinski definition) is 2. The van der Waals surface area contributed by atoms with Crippen molar-refractivity contribution < 1.29 is 19.0 Å². The van der Waals surface area contributed by atoms with Crippen LogP contribution in [0.25, 0.3) is 0 Å². The minimum absolute atomic E-state index is 0.207. The van der Waals surface area contributed by atoms with Crippen LogP contribution in [0.4, 0.5) is 4.39 Å². The molecule has 0 aliphatic carbocycles. The number of likely N-dealkylation sites (N-methyl/N-ethyl adjacent to an activating group) is 1. The van der Waals surface area contributed by atoms with Gasteiger partial charge in [0, 0.05) is 12.5 Å². The van der Waals surface area contributed by atoms with Crippen LogP contribution in [0.1, 0.15) is 25.8 Å². The van der Waals surface area contributed by atoms with Gasteiger partial charge < -0.3 is 15.2 Å². The molecule has 1 aromatic rings. The van der Waals surface area contributed by atoms with E-state index < -0.39 is 11.5 Å². The van der Waals surface area contributed by atoms with Crippen LogP contribution in [0.3, 0.4) is 0 Å². The van der Waals surface area contributed by atoms with E-state index >= 15 is 0 Å². The van der Waals surface area contributed by atoms with Gasteiger partial charge in [-0.15, -0.1) is 0 Å². The average Bonchev–Trinajstić information content (AvgIpc) is 2.34. The zero-order valence-electron chi connectivity index (χ0n) is 11.5. The van der Waals surface area contributed by atoms with Crippen molar-refractivity contribution in [3.05, 3.63) is 29.6 Å². The molecule has 0 aromatic heterocycles. The molecular formula is C14H20FNO3. The van der Waals surface area contributed by atoms with E-state index in [4.69, 9.17) is 9.84 Å². The summed E-state index contributed by atoms with van der Waals surface area (Å²) in [6.45, 7) is 5.89. The summed E-state index contributed by atoms with van der Waals surface area (Å²) >= 11 is 0. The minimum Gasteiger partial charge on any atom is -0.493 e. The number of rotatable bonds is 7. The van der Waals surface area contributed by atoms with Crippen molar-refractivity contribution >= 4 is 5.97 Å². The summed E-state index contributed by atoms with van der Waals surface area (Å²) in [5.41, 5.74) is -0.478. The van der Waals surface area contributed by atoms with Gasteiger partial charge in [-0.2, -0.15) is 0 Å². The quantitative estimate of drug-likeness (QED) is 0.797. The van der Waals surface area contributed by atoms with Gasteiger partial charge in [-0.1, -0.05) is 13.0 Å². The molecule has 0 saturated carbocycles. The van der Waals surface area contributed by atoms with Crippen LogP contribution in [-0.2, 0) is 4.79 Å². The standard InChI is InChI=1S/C14H20FNO3/c1-4-16-14(3,13(17)18)7-8-19-11-6-5-10(2)12(15)9-11/h5-6,9,16H,4,7-8H2,1-3H3,(H,17,18). The molecule has 4 nitrogen and oxygen atoms in total. The highest BCUT2D eigenvalue weighted by Gasteiger charge is 2.31. The summed E-state index contributed by atoms with van der Waals surface area (Å²) in [7, 11) is 0. The molecule has 0 saturated heterocycles. The Kier molecular flexibility index (Phi) is 5.30. The lowest BCUT2D eigenvalue weighted by Gasteiger charge is -2.25. The molecule has 0 aliphatic rings. The Bertz CT molecular complexity index is 450. The average molecular weight is 269 g/mol. The van der Waals surface area contributed by atoms with Crippen LogP contribution in [0.15, 0.2) is 18.2 Å². The van der Waals surface area contributed by atoms with Gasteiger partial charge in [0.1, 0.15) is 17.1 Å². The Morgan fingerprint density at radius 3 is 2.74 bits per heavy atom. The van der Waals surface area contributed by atoms with Gasteiger partial charge in [-0.05, 0) is 32.0 Å². The van der Waals surface area contributed by atoms with E-state index in [0.29, 0.717) is 24.3 Å². The molecule has 0 fully saturated rings. The van der Waals surface area contributed by atoms with E-state index in [1.807, 2.05) is 6.92 Å². The van der Waals surface area contributed by atoms with Crippen LogP contribution >= 0.6 is 0 Å². The molecular weight excluding hydrogens is 249 g/mol. The maximum atomic E-state index is 13.3. The number of carboxylic acid groups (broad SMARTS) is 1. The highest BCUT2D eigenvalue weighted by molar-refractivity contribution is 5.78. The Balaban J connectivity index is 2.57. The van der Waals surface area contributed by atoms with Crippen LogP contribution in [0, 0.1) is 12.7 Å².